The van der Waals surface area contributed by atoms with Crippen molar-refractivity contribution < 1.29 is 4.79 Å². The molecule has 2 rings (SSSR count). The van der Waals surface area contributed by atoms with Crippen molar-refractivity contribution in [2.45, 2.75) is 52.0 Å². The number of hydrogen-bond acceptors (Lipinski definition) is 4. The van der Waals surface area contributed by atoms with E-state index in [-0.39, 0.29) is 11.9 Å². The van der Waals surface area contributed by atoms with Crippen LogP contribution < -0.4 is 0 Å². The summed E-state index contributed by atoms with van der Waals surface area (Å²) in [6, 6.07) is 0.0234. The van der Waals surface area contributed by atoms with Gasteiger partial charge in [-0.2, -0.15) is 5.21 Å². The molecule has 1 fully saturated rings. The largest absolute Gasteiger partial charge is 0.332 e. The van der Waals surface area contributed by atoms with Crippen LogP contribution >= 0.6 is 0 Å². The fourth-order valence-electron chi connectivity index (χ4n) is 2.45. The van der Waals surface area contributed by atoms with Crippen LogP contribution in [0.25, 0.3) is 0 Å². The summed E-state index contributed by atoms with van der Waals surface area (Å²) in [5.74, 6) is 1.53. The van der Waals surface area contributed by atoms with E-state index in [1.54, 1.807) is 0 Å². The number of hydrogen-bond donors (Lipinski definition) is 1. The second-order valence-corrected chi connectivity index (χ2v) is 5.30. The highest BCUT2D eigenvalue weighted by Gasteiger charge is 2.32. The number of carbonyl (C=O) groups is 1. The summed E-state index contributed by atoms with van der Waals surface area (Å²) in [5.41, 5.74) is 0. The summed E-state index contributed by atoms with van der Waals surface area (Å²) in [6.07, 6.45) is 4.66. The molecule has 1 N–H and O–H groups in total. The molecule has 6 nitrogen and oxygen atoms in total. The SMILES string of the molecule is CC(C)CCCC(=O)N1CCC[C@H]1c1nn[nH]n1. The van der Waals surface area contributed by atoms with Gasteiger partial charge in [0, 0.05) is 13.0 Å². The first-order valence-corrected chi connectivity index (χ1v) is 6.71. The van der Waals surface area contributed by atoms with Gasteiger partial charge in [-0.1, -0.05) is 25.5 Å². The monoisotopic (exact) mass is 251 g/mol. The molecule has 2 heterocycles. The van der Waals surface area contributed by atoms with Crippen molar-refractivity contribution in [3.8, 4) is 0 Å². The van der Waals surface area contributed by atoms with Gasteiger partial charge in [-0.15, -0.1) is 10.2 Å². The van der Waals surface area contributed by atoms with Gasteiger partial charge in [0.1, 0.15) is 0 Å². The van der Waals surface area contributed by atoms with E-state index in [4.69, 9.17) is 0 Å². The Morgan fingerprint density at radius 3 is 3.06 bits per heavy atom. The Bertz CT molecular complexity index is 376. The van der Waals surface area contributed by atoms with Crippen LogP contribution in [0.15, 0.2) is 0 Å². The maximum absolute atomic E-state index is 12.2. The first kappa shape index (κ1) is 13.0. The lowest BCUT2D eigenvalue weighted by Crippen LogP contribution is -2.31. The molecular weight excluding hydrogens is 230 g/mol. The molecule has 0 radical (unpaired) electrons. The summed E-state index contributed by atoms with van der Waals surface area (Å²) in [5, 5.41) is 14.0. The Kier molecular flexibility index (Phi) is 4.28. The predicted octanol–water partition coefficient (Wildman–Crippen LogP) is 1.69. The quantitative estimate of drug-likeness (QED) is 0.864. The highest BCUT2D eigenvalue weighted by atomic mass is 16.2. The van der Waals surface area contributed by atoms with Gasteiger partial charge in [0.25, 0.3) is 0 Å². The van der Waals surface area contributed by atoms with Crippen molar-refractivity contribution >= 4 is 5.91 Å². The number of aromatic nitrogens is 4. The highest BCUT2D eigenvalue weighted by molar-refractivity contribution is 5.76. The number of rotatable bonds is 5. The van der Waals surface area contributed by atoms with Gasteiger partial charge in [0.2, 0.25) is 5.91 Å². The molecule has 0 aromatic carbocycles. The van der Waals surface area contributed by atoms with Crippen molar-refractivity contribution in [3.63, 3.8) is 0 Å². The minimum atomic E-state index is 0.0234. The zero-order chi connectivity index (χ0) is 13.0. The van der Waals surface area contributed by atoms with E-state index < -0.39 is 0 Å². The molecule has 100 valence electrons. The summed E-state index contributed by atoms with van der Waals surface area (Å²) in [6.45, 7) is 5.19. The molecule has 0 unspecified atom stereocenters. The highest BCUT2D eigenvalue weighted by Crippen LogP contribution is 2.30. The second kappa shape index (κ2) is 5.93. The van der Waals surface area contributed by atoms with Crippen LogP contribution in [0, 0.1) is 5.92 Å². The molecule has 1 aromatic rings. The first-order valence-electron chi connectivity index (χ1n) is 6.71. The van der Waals surface area contributed by atoms with Crippen LogP contribution in [0.3, 0.4) is 0 Å². The van der Waals surface area contributed by atoms with Gasteiger partial charge < -0.3 is 4.90 Å². The summed E-state index contributed by atoms with van der Waals surface area (Å²) >= 11 is 0. The normalized spacial score (nSPS) is 19.7. The maximum Gasteiger partial charge on any atom is 0.223 e. The molecule has 0 bridgehead atoms. The molecule has 0 aliphatic carbocycles. The first-order chi connectivity index (χ1) is 8.68. The van der Waals surface area contributed by atoms with E-state index in [1.807, 2.05) is 4.90 Å². The number of H-pyrrole nitrogens is 1. The Hall–Kier alpha value is -1.46. The van der Waals surface area contributed by atoms with E-state index in [0.717, 1.165) is 32.2 Å². The van der Waals surface area contributed by atoms with Crippen LogP contribution in [-0.4, -0.2) is 38.0 Å². The van der Waals surface area contributed by atoms with Crippen molar-refractivity contribution in [1.29, 1.82) is 0 Å². The predicted molar refractivity (Wildman–Crippen MR) is 66.6 cm³/mol. The molecule has 1 aliphatic heterocycles. The third-order valence-corrected chi connectivity index (χ3v) is 3.41. The van der Waals surface area contributed by atoms with Crippen molar-refractivity contribution in [2.75, 3.05) is 6.54 Å². The molecule has 1 amide bonds. The number of nitrogens with zero attached hydrogens (tertiary/aromatic N) is 4. The Morgan fingerprint density at radius 2 is 2.39 bits per heavy atom. The number of aromatic amines is 1. The molecule has 0 saturated carbocycles. The van der Waals surface area contributed by atoms with Gasteiger partial charge in [-0.25, -0.2) is 0 Å². The summed E-state index contributed by atoms with van der Waals surface area (Å²) in [4.78, 5) is 14.1. The van der Waals surface area contributed by atoms with Crippen LogP contribution in [0.4, 0.5) is 0 Å². The van der Waals surface area contributed by atoms with Crippen molar-refractivity contribution in [1.82, 2.24) is 25.5 Å². The lowest BCUT2D eigenvalue weighted by Gasteiger charge is -2.22. The van der Waals surface area contributed by atoms with E-state index in [9.17, 15) is 4.79 Å². The molecule has 1 atom stereocenters. The topological polar surface area (TPSA) is 74.8 Å². The standard InChI is InChI=1S/C12H21N5O/c1-9(2)5-3-7-11(18)17-8-4-6-10(17)12-13-15-16-14-12/h9-10H,3-8H2,1-2H3,(H,13,14,15,16)/t10-/m0/s1. The summed E-state index contributed by atoms with van der Waals surface area (Å²) < 4.78 is 0. The third-order valence-electron chi connectivity index (χ3n) is 3.41. The molecule has 6 heteroatoms. The van der Waals surface area contributed by atoms with Crippen LogP contribution in [0.2, 0.25) is 0 Å². The van der Waals surface area contributed by atoms with Gasteiger partial charge >= 0.3 is 0 Å². The average Bonchev–Trinajstić information content (AvgIpc) is 2.99. The zero-order valence-corrected chi connectivity index (χ0v) is 11.1. The number of tetrazole rings is 1. The fourth-order valence-corrected chi connectivity index (χ4v) is 2.45. The van der Waals surface area contributed by atoms with Gasteiger partial charge in [-0.05, 0) is 25.2 Å². The van der Waals surface area contributed by atoms with Crippen LogP contribution in [0.5, 0.6) is 0 Å². The molecule has 1 aliphatic rings. The Balaban J connectivity index is 1.89. The minimum absolute atomic E-state index is 0.0234. The van der Waals surface area contributed by atoms with Gasteiger partial charge in [0.05, 0.1) is 6.04 Å². The third kappa shape index (κ3) is 3.05. The summed E-state index contributed by atoms with van der Waals surface area (Å²) in [7, 11) is 0. The lowest BCUT2D eigenvalue weighted by atomic mass is 10.1. The molecule has 0 spiro atoms. The smallest absolute Gasteiger partial charge is 0.223 e. The molecular formula is C12H21N5O. The zero-order valence-electron chi connectivity index (χ0n) is 11.1. The number of carbonyl (C=O) groups excluding carboxylic acids is 1. The van der Waals surface area contributed by atoms with Crippen LogP contribution in [-0.2, 0) is 4.79 Å². The number of nitrogens with one attached hydrogen (secondary N) is 1. The second-order valence-electron chi connectivity index (χ2n) is 5.30. The molecule has 18 heavy (non-hydrogen) atoms. The van der Waals surface area contributed by atoms with E-state index in [0.29, 0.717) is 18.2 Å². The van der Waals surface area contributed by atoms with Crippen molar-refractivity contribution in [3.05, 3.63) is 5.82 Å². The van der Waals surface area contributed by atoms with E-state index in [1.165, 1.54) is 0 Å². The van der Waals surface area contributed by atoms with Crippen molar-refractivity contribution in [2.24, 2.45) is 5.92 Å². The Labute approximate surface area is 107 Å². The lowest BCUT2D eigenvalue weighted by molar-refractivity contribution is -0.132. The molecule has 1 saturated heterocycles. The maximum atomic E-state index is 12.2. The van der Waals surface area contributed by atoms with Crippen LogP contribution in [0.1, 0.15) is 57.8 Å². The van der Waals surface area contributed by atoms with Gasteiger partial charge in [-0.3, -0.25) is 4.79 Å². The Morgan fingerprint density at radius 1 is 1.56 bits per heavy atom. The average molecular weight is 251 g/mol. The fraction of sp³-hybridized carbons (Fsp3) is 0.833. The minimum Gasteiger partial charge on any atom is -0.332 e. The molecule has 1 aromatic heterocycles. The van der Waals surface area contributed by atoms with E-state index in [2.05, 4.69) is 34.5 Å². The van der Waals surface area contributed by atoms with E-state index >= 15 is 0 Å². The van der Waals surface area contributed by atoms with Gasteiger partial charge in [0.15, 0.2) is 5.82 Å². The number of likely N-dealkylation sites (tertiary alicyclic amines) is 1. The number of amides is 1.